The van der Waals surface area contributed by atoms with Gasteiger partial charge < -0.3 is 16.0 Å². The van der Waals surface area contributed by atoms with Gasteiger partial charge in [0.05, 0.1) is 0 Å². The van der Waals surface area contributed by atoms with Crippen LogP contribution in [0, 0.1) is 0 Å². The molecule has 1 unspecified atom stereocenters. The molecule has 4 heteroatoms. The number of nitrogens with two attached hydrogens (primary N) is 1. The molecule has 1 aliphatic rings. The van der Waals surface area contributed by atoms with Gasteiger partial charge in [-0.05, 0) is 50.8 Å². The molecule has 2 rings (SSSR count). The lowest BCUT2D eigenvalue weighted by Crippen LogP contribution is -2.60. The molecule has 0 aliphatic carbocycles. The Morgan fingerprint density at radius 3 is 2.86 bits per heavy atom. The van der Waals surface area contributed by atoms with Gasteiger partial charge in [-0.1, -0.05) is 25.1 Å². The van der Waals surface area contributed by atoms with Gasteiger partial charge in [-0.2, -0.15) is 0 Å². The summed E-state index contributed by atoms with van der Waals surface area (Å²) in [5, 5.41) is 3.33. The molecule has 1 aromatic carbocycles. The first-order valence-electron chi connectivity index (χ1n) is 7.94. The van der Waals surface area contributed by atoms with Crippen molar-refractivity contribution in [3.63, 3.8) is 0 Å². The molecular formula is C17H27N3O. The van der Waals surface area contributed by atoms with Crippen molar-refractivity contribution in [2.24, 2.45) is 5.73 Å². The Morgan fingerprint density at radius 2 is 2.14 bits per heavy atom. The van der Waals surface area contributed by atoms with Crippen molar-refractivity contribution < 1.29 is 4.79 Å². The molecule has 0 fully saturated rings. The van der Waals surface area contributed by atoms with Crippen molar-refractivity contribution in [1.29, 1.82) is 0 Å². The predicted molar refractivity (Wildman–Crippen MR) is 87.5 cm³/mol. The number of amides is 1. The predicted octanol–water partition coefficient (Wildman–Crippen LogP) is 2.07. The average molecular weight is 289 g/mol. The third kappa shape index (κ3) is 3.76. The van der Waals surface area contributed by atoms with E-state index in [1.165, 1.54) is 17.7 Å². The molecule has 0 radical (unpaired) electrons. The van der Waals surface area contributed by atoms with Crippen LogP contribution >= 0.6 is 0 Å². The SMILES string of the molecule is CCCNC(C)(CN1CCCCc2ccccc21)C(N)=O. The Hall–Kier alpha value is -1.55. The molecule has 1 atom stereocenters. The summed E-state index contributed by atoms with van der Waals surface area (Å²) < 4.78 is 0. The summed E-state index contributed by atoms with van der Waals surface area (Å²) in [6, 6.07) is 8.50. The van der Waals surface area contributed by atoms with Crippen LogP contribution in [0.5, 0.6) is 0 Å². The van der Waals surface area contributed by atoms with Gasteiger partial charge in [0, 0.05) is 18.8 Å². The fraction of sp³-hybridized carbons (Fsp3) is 0.588. The van der Waals surface area contributed by atoms with Crippen molar-refractivity contribution in [2.45, 2.75) is 45.1 Å². The number of carbonyl (C=O) groups is 1. The summed E-state index contributed by atoms with van der Waals surface area (Å²) in [6.07, 6.45) is 4.45. The second kappa shape index (κ2) is 6.94. The number of aryl methyl sites for hydroxylation is 1. The summed E-state index contributed by atoms with van der Waals surface area (Å²) >= 11 is 0. The fourth-order valence-electron chi connectivity index (χ4n) is 2.94. The Bertz CT molecular complexity index is 489. The number of carbonyl (C=O) groups excluding carboxylic acids is 1. The van der Waals surface area contributed by atoms with Crippen LogP contribution in [0.3, 0.4) is 0 Å². The van der Waals surface area contributed by atoms with E-state index in [0.29, 0.717) is 6.54 Å². The second-order valence-electron chi connectivity index (χ2n) is 6.13. The van der Waals surface area contributed by atoms with Crippen LogP contribution in [0.4, 0.5) is 5.69 Å². The van der Waals surface area contributed by atoms with Crippen molar-refractivity contribution in [3.05, 3.63) is 29.8 Å². The van der Waals surface area contributed by atoms with E-state index in [1.807, 2.05) is 6.92 Å². The van der Waals surface area contributed by atoms with Gasteiger partial charge in [-0.15, -0.1) is 0 Å². The molecule has 3 N–H and O–H groups in total. The van der Waals surface area contributed by atoms with Crippen LogP contribution in [0.15, 0.2) is 24.3 Å². The summed E-state index contributed by atoms with van der Waals surface area (Å²) in [4.78, 5) is 14.2. The maximum absolute atomic E-state index is 11.9. The van der Waals surface area contributed by atoms with E-state index in [9.17, 15) is 4.79 Å². The van der Waals surface area contributed by atoms with Gasteiger partial charge in [0.15, 0.2) is 0 Å². The lowest BCUT2D eigenvalue weighted by molar-refractivity contribution is -0.123. The van der Waals surface area contributed by atoms with E-state index in [4.69, 9.17) is 5.73 Å². The minimum atomic E-state index is -0.687. The standard InChI is InChI=1S/C17H27N3O/c1-3-11-19-17(2,16(18)21)13-20-12-7-6-9-14-8-4-5-10-15(14)20/h4-5,8,10,19H,3,6-7,9,11-13H2,1-2H3,(H2,18,21). The van der Waals surface area contributed by atoms with Crippen LogP contribution in [-0.4, -0.2) is 31.1 Å². The molecule has 0 saturated carbocycles. The summed E-state index contributed by atoms with van der Waals surface area (Å²) in [7, 11) is 0. The van der Waals surface area contributed by atoms with Gasteiger partial charge in [0.25, 0.3) is 0 Å². The molecule has 1 aromatic rings. The molecule has 1 amide bonds. The molecule has 0 bridgehead atoms. The van der Waals surface area contributed by atoms with E-state index >= 15 is 0 Å². The number of nitrogens with zero attached hydrogens (tertiary/aromatic N) is 1. The number of primary amides is 1. The fourth-order valence-corrected chi connectivity index (χ4v) is 2.94. The number of hydrogen-bond donors (Lipinski definition) is 2. The molecule has 1 heterocycles. The van der Waals surface area contributed by atoms with Crippen LogP contribution in [0.25, 0.3) is 0 Å². The van der Waals surface area contributed by atoms with Gasteiger partial charge >= 0.3 is 0 Å². The third-order valence-corrected chi connectivity index (χ3v) is 4.27. The highest BCUT2D eigenvalue weighted by Gasteiger charge is 2.33. The first-order chi connectivity index (χ1) is 10.1. The van der Waals surface area contributed by atoms with Crippen molar-refractivity contribution in [3.8, 4) is 0 Å². The smallest absolute Gasteiger partial charge is 0.239 e. The van der Waals surface area contributed by atoms with E-state index < -0.39 is 5.54 Å². The molecule has 4 nitrogen and oxygen atoms in total. The third-order valence-electron chi connectivity index (χ3n) is 4.27. The second-order valence-corrected chi connectivity index (χ2v) is 6.13. The number of nitrogens with one attached hydrogen (secondary N) is 1. The largest absolute Gasteiger partial charge is 0.369 e. The minimum Gasteiger partial charge on any atom is -0.369 e. The lowest BCUT2D eigenvalue weighted by Gasteiger charge is -2.35. The van der Waals surface area contributed by atoms with Crippen molar-refractivity contribution in [2.75, 3.05) is 24.5 Å². The Labute approximate surface area is 127 Å². The highest BCUT2D eigenvalue weighted by Crippen LogP contribution is 2.27. The van der Waals surface area contributed by atoms with E-state index in [2.05, 4.69) is 41.4 Å². The summed E-state index contributed by atoms with van der Waals surface area (Å²) in [6.45, 7) is 6.41. The van der Waals surface area contributed by atoms with Gasteiger partial charge in [0.2, 0.25) is 5.91 Å². The van der Waals surface area contributed by atoms with Crippen LogP contribution in [0.2, 0.25) is 0 Å². The van der Waals surface area contributed by atoms with Gasteiger partial charge in [0.1, 0.15) is 5.54 Å². The average Bonchev–Trinajstić information content (AvgIpc) is 2.68. The highest BCUT2D eigenvalue weighted by molar-refractivity contribution is 5.85. The maximum atomic E-state index is 11.9. The van der Waals surface area contributed by atoms with Crippen LogP contribution in [-0.2, 0) is 11.2 Å². The molecular weight excluding hydrogens is 262 g/mol. The summed E-state index contributed by atoms with van der Waals surface area (Å²) in [5.41, 5.74) is 7.60. The normalized spacial score (nSPS) is 17.7. The van der Waals surface area contributed by atoms with Gasteiger partial charge in [-0.3, -0.25) is 4.79 Å². The first-order valence-corrected chi connectivity index (χ1v) is 7.94. The first kappa shape index (κ1) is 15.8. The number of anilines is 1. The molecule has 116 valence electrons. The minimum absolute atomic E-state index is 0.280. The molecule has 0 saturated heterocycles. The van der Waals surface area contributed by atoms with Crippen molar-refractivity contribution >= 4 is 11.6 Å². The maximum Gasteiger partial charge on any atom is 0.239 e. The van der Waals surface area contributed by atoms with Crippen LogP contribution < -0.4 is 16.0 Å². The Morgan fingerprint density at radius 1 is 1.38 bits per heavy atom. The molecule has 21 heavy (non-hydrogen) atoms. The van der Waals surface area contributed by atoms with Crippen LogP contribution in [0.1, 0.15) is 38.7 Å². The molecule has 0 spiro atoms. The highest BCUT2D eigenvalue weighted by atomic mass is 16.1. The van der Waals surface area contributed by atoms with Gasteiger partial charge in [-0.25, -0.2) is 0 Å². The van der Waals surface area contributed by atoms with E-state index in [-0.39, 0.29) is 5.91 Å². The monoisotopic (exact) mass is 289 g/mol. The number of rotatable bonds is 6. The van der Waals surface area contributed by atoms with E-state index in [1.54, 1.807) is 0 Å². The zero-order chi connectivity index (χ0) is 15.3. The van der Waals surface area contributed by atoms with E-state index in [0.717, 1.165) is 32.4 Å². The summed E-state index contributed by atoms with van der Waals surface area (Å²) in [5.74, 6) is -0.280. The number of para-hydroxylation sites is 1. The topological polar surface area (TPSA) is 58.4 Å². The lowest BCUT2D eigenvalue weighted by atomic mass is 9.99. The molecule has 1 aliphatic heterocycles. The Balaban J connectivity index is 2.22. The molecule has 0 aromatic heterocycles. The number of benzene rings is 1. The Kier molecular flexibility index (Phi) is 5.23. The number of hydrogen-bond acceptors (Lipinski definition) is 3. The number of fused-ring (bicyclic) bond motifs is 1. The zero-order valence-corrected chi connectivity index (χ0v) is 13.2. The quantitative estimate of drug-likeness (QED) is 0.843. The zero-order valence-electron chi connectivity index (χ0n) is 13.2. The van der Waals surface area contributed by atoms with Crippen molar-refractivity contribution in [1.82, 2.24) is 5.32 Å².